The van der Waals surface area contributed by atoms with Gasteiger partial charge in [0, 0.05) is 58.0 Å². The van der Waals surface area contributed by atoms with E-state index in [0.717, 1.165) is 63.8 Å². The third-order valence-corrected chi connectivity index (χ3v) is 7.97. The fourth-order valence-electron chi connectivity index (χ4n) is 5.58. The number of aryl methyl sites for hydroxylation is 1. The molecule has 0 unspecified atom stereocenters. The SMILES string of the molecule is CCCN(CCC)CCCCN(CCC(=O)OCCCN(C)C)Cc1ccc(CN(Cc2ncc[nH]2)Cc2nccn2C)cc1. The van der Waals surface area contributed by atoms with E-state index in [1.807, 2.05) is 39.7 Å². The lowest BCUT2D eigenvalue weighted by molar-refractivity contribution is -0.144. The van der Waals surface area contributed by atoms with Gasteiger partial charge in [-0.1, -0.05) is 38.1 Å². The first-order valence-electron chi connectivity index (χ1n) is 16.9. The number of carbonyl (C=O) groups is 1. The predicted octanol–water partition coefficient (Wildman–Crippen LogP) is 4.93. The fourth-order valence-corrected chi connectivity index (χ4v) is 5.58. The molecule has 0 atom stereocenters. The van der Waals surface area contributed by atoms with Crippen molar-refractivity contribution >= 4 is 5.97 Å². The number of ether oxygens (including phenoxy) is 1. The van der Waals surface area contributed by atoms with Gasteiger partial charge in [0.2, 0.25) is 0 Å². The second-order valence-corrected chi connectivity index (χ2v) is 12.4. The fraction of sp³-hybridized carbons (Fsp3) is 0.629. The first-order chi connectivity index (χ1) is 21.9. The smallest absolute Gasteiger partial charge is 0.307 e. The number of imidazole rings is 2. The number of aromatic amines is 1. The Labute approximate surface area is 271 Å². The number of nitrogens with one attached hydrogen (secondary N) is 1. The summed E-state index contributed by atoms with van der Waals surface area (Å²) in [5.41, 5.74) is 2.51. The molecule has 0 fully saturated rings. The lowest BCUT2D eigenvalue weighted by Gasteiger charge is -2.24. The van der Waals surface area contributed by atoms with Gasteiger partial charge in [-0.05, 0) is 83.5 Å². The lowest BCUT2D eigenvalue weighted by atomic mass is 10.1. The molecule has 0 aliphatic heterocycles. The minimum Gasteiger partial charge on any atom is -0.466 e. The maximum atomic E-state index is 12.5. The van der Waals surface area contributed by atoms with Crippen LogP contribution in [0.1, 0.15) is 75.1 Å². The molecule has 1 N–H and O–H groups in total. The van der Waals surface area contributed by atoms with E-state index in [1.165, 1.54) is 43.5 Å². The number of unbranched alkanes of at least 4 members (excludes halogenated alkanes) is 1. The zero-order valence-corrected chi connectivity index (χ0v) is 28.6. The van der Waals surface area contributed by atoms with E-state index in [2.05, 4.69) is 77.2 Å². The highest BCUT2D eigenvalue weighted by molar-refractivity contribution is 5.69. The molecule has 45 heavy (non-hydrogen) atoms. The Bertz CT molecular complexity index is 1170. The molecule has 0 aliphatic rings. The first kappa shape index (κ1) is 36.4. The lowest BCUT2D eigenvalue weighted by Crippen LogP contribution is -2.30. The van der Waals surface area contributed by atoms with E-state index in [1.54, 1.807) is 6.20 Å². The number of aromatic nitrogens is 4. The van der Waals surface area contributed by atoms with Crippen molar-refractivity contribution in [1.82, 2.24) is 39.1 Å². The van der Waals surface area contributed by atoms with Crippen LogP contribution in [-0.4, -0.2) is 105 Å². The normalized spacial score (nSPS) is 11.8. The van der Waals surface area contributed by atoms with Crippen molar-refractivity contribution in [3.63, 3.8) is 0 Å². The van der Waals surface area contributed by atoms with Crippen LogP contribution >= 0.6 is 0 Å². The van der Waals surface area contributed by atoms with Crippen LogP contribution in [0.25, 0.3) is 0 Å². The maximum Gasteiger partial charge on any atom is 0.307 e. The Morgan fingerprint density at radius 2 is 1.44 bits per heavy atom. The molecule has 0 saturated heterocycles. The summed E-state index contributed by atoms with van der Waals surface area (Å²) in [6.45, 7) is 14.2. The predicted molar refractivity (Wildman–Crippen MR) is 181 cm³/mol. The van der Waals surface area contributed by atoms with Crippen molar-refractivity contribution in [3.8, 4) is 0 Å². The van der Waals surface area contributed by atoms with E-state index in [0.29, 0.717) is 26.1 Å². The van der Waals surface area contributed by atoms with E-state index in [-0.39, 0.29) is 5.97 Å². The van der Waals surface area contributed by atoms with Crippen LogP contribution in [-0.2, 0) is 42.8 Å². The average molecular weight is 623 g/mol. The summed E-state index contributed by atoms with van der Waals surface area (Å²) >= 11 is 0. The molecule has 250 valence electrons. The Hall–Kier alpha value is -3.05. The zero-order chi connectivity index (χ0) is 32.3. The standard InChI is InChI=1S/C35H58N8O2/c1-6-19-41(20-7-2)22-8-9-23-42(24-15-35(44)45-26-10-21-39(3)4)27-31-11-13-32(14-12-31)28-43(29-33-36-16-17-37-33)30-34-38-18-25-40(34)5/h11-14,16-18,25H,6-10,15,19-24,26-30H2,1-5H3,(H,36,37). The van der Waals surface area contributed by atoms with Crippen LogP contribution in [0.15, 0.2) is 49.1 Å². The molecule has 0 bridgehead atoms. The summed E-state index contributed by atoms with van der Waals surface area (Å²) in [5, 5.41) is 0. The minimum absolute atomic E-state index is 0.101. The van der Waals surface area contributed by atoms with Crippen molar-refractivity contribution in [2.75, 3.05) is 60.0 Å². The summed E-state index contributed by atoms with van der Waals surface area (Å²) in [4.78, 5) is 34.2. The molecule has 0 spiro atoms. The third kappa shape index (κ3) is 14.7. The van der Waals surface area contributed by atoms with Crippen LogP contribution in [0.5, 0.6) is 0 Å². The molecule has 0 radical (unpaired) electrons. The van der Waals surface area contributed by atoms with Crippen molar-refractivity contribution in [3.05, 3.63) is 71.8 Å². The van der Waals surface area contributed by atoms with Gasteiger partial charge in [0.1, 0.15) is 11.6 Å². The van der Waals surface area contributed by atoms with E-state index < -0.39 is 0 Å². The summed E-state index contributed by atoms with van der Waals surface area (Å²) < 4.78 is 7.59. The molecule has 0 saturated carbocycles. The summed E-state index contributed by atoms with van der Waals surface area (Å²) in [7, 11) is 6.11. The van der Waals surface area contributed by atoms with Crippen LogP contribution in [0.3, 0.4) is 0 Å². The van der Waals surface area contributed by atoms with Crippen LogP contribution < -0.4 is 0 Å². The van der Waals surface area contributed by atoms with Gasteiger partial charge >= 0.3 is 5.97 Å². The summed E-state index contributed by atoms with van der Waals surface area (Å²) in [6, 6.07) is 8.93. The van der Waals surface area contributed by atoms with Gasteiger partial charge in [-0.15, -0.1) is 0 Å². The molecule has 3 aromatic rings. The van der Waals surface area contributed by atoms with Crippen LogP contribution in [0.2, 0.25) is 0 Å². The van der Waals surface area contributed by atoms with Gasteiger partial charge in [0.05, 0.1) is 26.1 Å². The molecular formula is C35H58N8O2. The highest BCUT2D eigenvalue weighted by Crippen LogP contribution is 2.15. The van der Waals surface area contributed by atoms with Crippen molar-refractivity contribution < 1.29 is 9.53 Å². The number of rotatable bonds is 24. The van der Waals surface area contributed by atoms with Gasteiger partial charge in [-0.2, -0.15) is 0 Å². The minimum atomic E-state index is -0.101. The molecular weight excluding hydrogens is 564 g/mol. The average Bonchev–Trinajstić information content (AvgIpc) is 3.68. The van der Waals surface area contributed by atoms with Crippen molar-refractivity contribution in [2.45, 2.75) is 78.6 Å². The number of H-pyrrole nitrogens is 1. The van der Waals surface area contributed by atoms with E-state index in [9.17, 15) is 4.79 Å². The number of carbonyl (C=O) groups excluding carboxylic acids is 1. The molecule has 2 aromatic heterocycles. The molecule has 10 nitrogen and oxygen atoms in total. The number of esters is 1. The van der Waals surface area contributed by atoms with Gasteiger partial charge < -0.3 is 24.1 Å². The molecule has 10 heteroatoms. The van der Waals surface area contributed by atoms with Gasteiger partial charge in [0.15, 0.2) is 0 Å². The summed E-state index contributed by atoms with van der Waals surface area (Å²) in [5.74, 6) is 1.87. The highest BCUT2D eigenvalue weighted by Gasteiger charge is 2.14. The second kappa shape index (κ2) is 20.9. The number of hydrogen-bond donors (Lipinski definition) is 1. The number of benzene rings is 1. The summed E-state index contributed by atoms with van der Waals surface area (Å²) in [6.07, 6.45) is 13.5. The van der Waals surface area contributed by atoms with Gasteiger partial charge in [0.25, 0.3) is 0 Å². The maximum absolute atomic E-state index is 12.5. The number of hydrogen-bond acceptors (Lipinski definition) is 8. The van der Waals surface area contributed by atoms with E-state index >= 15 is 0 Å². The quantitative estimate of drug-likeness (QED) is 0.111. The van der Waals surface area contributed by atoms with Gasteiger partial charge in [-0.3, -0.25) is 14.6 Å². The van der Waals surface area contributed by atoms with Crippen molar-refractivity contribution in [1.29, 1.82) is 0 Å². The Kier molecular flexibility index (Phi) is 16.9. The van der Waals surface area contributed by atoms with Crippen molar-refractivity contribution in [2.24, 2.45) is 7.05 Å². The van der Waals surface area contributed by atoms with E-state index in [4.69, 9.17) is 4.74 Å². The first-order valence-corrected chi connectivity index (χ1v) is 16.9. The topological polar surface area (TPSA) is 85.8 Å². The highest BCUT2D eigenvalue weighted by atomic mass is 16.5. The Balaban J connectivity index is 1.58. The second-order valence-electron chi connectivity index (χ2n) is 12.4. The van der Waals surface area contributed by atoms with Crippen LogP contribution in [0.4, 0.5) is 0 Å². The van der Waals surface area contributed by atoms with Gasteiger partial charge in [-0.25, -0.2) is 9.97 Å². The Morgan fingerprint density at radius 1 is 0.778 bits per heavy atom. The van der Waals surface area contributed by atoms with Crippen LogP contribution in [0, 0.1) is 0 Å². The molecule has 3 rings (SSSR count). The monoisotopic (exact) mass is 622 g/mol. The molecule has 2 heterocycles. The molecule has 0 aliphatic carbocycles. The number of nitrogens with zero attached hydrogens (tertiary/aromatic N) is 7. The Morgan fingerprint density at radius 3 is 2.02 bits per heavy atom. The largest absolute Gasteiger partial charge is 0.466 e. The molecule has 1 aromatic carbocycles. The third-order valence-electron chi connectivity index (χ3n) is 7.97. The zero-order valence-electron chi connectivity index (χ0n) is 28.6. The molecule has 0 amide bonds.